The van der Waals surface area contributed by atoms with Gasteiger partial charge >= 0.3 is 0 Å². The van der Waals surface area contributed by atoms with Gasteiger partial charge in [0.05, 0.1) is 12.2 Å². The third-order valence-electron chi connectivity index (χ3n) is 2.16. The van der Waals surface area contributed by atoms with Crippen LogP contribution in [-0.2, 0) is 4.74 Å². The predicted octanol–water partition coefficient (Wildman–Crippen LogP) is 1.98. The van der Waals surface area contributed by atoms with E-state index >= 15 is 0 Å². The minimum Gasteiger partial charge on any atom is -0.398 e. The number of anilines is 2. The van der Waals surface area contributed by atoms with Gasteiger partial charge < -0.3 is 15.8 Å². The second-order valence-electron chi connectivity index (χ2n) is 3.62. The van der Waals surface area contributed by atoms with E-state index < -0.39 is 0 Å². The minimum atomic E-state index is 0.204. The maximum absolute atomic E-state index is 8.84. The lowest BCUT2D eigenvalue weighted by Crippen LogP contribution is -2.21. The van der Waals surface area contributed by atoms with Crippen LogP contribution in [0.3, 0.4) is 0 Å². The normalized spacial score (nSPS) is 11.8. The van der Waals surface area contributed by atoms with Gasteiger partial charge in [-0.25, -0.2) is 0 Å². The molecule has 3 N–H and O–H groups in total. The number of rotatable bonds is 5. The van der Waals surface area contributed by atoms with Crippen molar-refractivity contribution >= 4 is 11.4 Å². The number of nitrogens with zero attached hydrogens (tertiary/aromatic N) is 1. The molecule has 0 heterocycles. The van der Waals surface area contributed by atoms with E-state index in [1.807, 2.05) is 19.9 Å². The largest absolute Gasteiger partial charge is 0.398 e. The van der Waals surface area contributed by atoms with Crippen molar-refractivity contribution in [2.45, 2.75) is 19.9 Å². The summed E-state index contributed by atoms with van der Waals surface area (Å²) < 4.78 is 5.30. The molecule has 0 saturated carbocycles. The third kappa shape index (κ3) is 3.44. The van der Waals surface area contributed by atoms with Gasteiger partial charge in [-0.1, -0.05) is 0 Å². The van der Waals surface area contributed by atoms with Gasteiger partial charge in [0.2, 0.25) is 0 Å². The number of nitrogen functional groups attached to an aromatic ring is 1. The van der Waals surface area contributed by atoms with E-state index in [1.165, 1.54) is 0 Å². The average molecular weight is 219 g/mol. The zero-order valence-electron chi connectivity index (χ0n) is 9.66. The molecule has 1 atom stereocenters. The van der Waals surface area contributed by atoms with Gasteiger partial charge in [0.1, 0.15) is 6.07 Å². The van der Waals surface area contributed by atoms with Crippen LogP contribution in [0.2, 0.25) is 0 Å². The molecule has 0 saturated heterocycles. The predicted molar refractivity (Wildman–Crippen MR) is 65.1 cm³/mol. The van der Waals surface area contributed by atoms with Crippen LogP contribution >= 0.6 is 0 Å². The summed E-state index contributed by atoms with van der Waals surface area (Å²) in [6, 6.07) is 7.60. The van der Waals surface area contributed by atoms with Crippen molar-refractivity contribution in [1.29, 1.82) is 5.26 Å². The maximum Gasteiger partial charge on any atom is 0.101 e. The highest BCUT2D eigenvalue weighted by Gasteiger charge is 2.04. The summed E-state index contributed by atoms with van der Waals surface area (Å²) in [5, 5.41) is 12.1. The Bertz CT molecular complexity index is 384. The first kappa shape index (κ1) is 12.3. The first-order valence-corrected chi connectivity index (χ1v) is 5.31. The molecule has 0 radical (unpaired) electrons. The smallest absolute Gasteiger partial charge is 0.101 e. The third-order valence-corrected chi connectivity index (χ3v) is 2.16. The van der Waals surface area contributed by atoms with Gasteiger partial charge in [-0.15, -0.1) is 0 Å². The zero-order chi connectivity index (χ0) is 12.0. The summed E-state index contributed by atoms with van der Waals surface area (Å²) in [6.45, 7) is 5.34. The van der Waals surface area contributed by atoms with Crippen LogP contribution in [0.15, 0.2) is 18.2 Å². The second-order valence-corrected chi connectivity index (χ2v) is 3.62. The van der Waals surface area contributed by atoms with Crippen LogP contribution in [0, 0.1) is 11.3 Å². The molecule has 0 aromatic heterocycles. The van der Waals surface area contributed by atoms with Gasteiger partial charge in [-0.2, -0.15) is 5.26 Å². The van der Waals surface area contributed by atoms with E-state index in [4.69, 9.17) is 15.7 Å². The number of ether oxygens (including phenoxy) is 1. The van der Waals surface area contributed by atoms with Crippen molar-refractivity contribution < 1.29 is 4.74 Å². The first-order chi connectivity index (χ1) is 7.67. The Hall–Kier alpha value is -1.73. The molecule has 16 heavy (non-hydrogen) atoms. The quantitative estimate of drug-likeness (QED) is 0.743. The van der Waals surface area contributed by atoms with Gasteiger partial charge in [0.15, 0.2) is 0 Å². The van der Waals surface area contributed by atoms with E-state index in [0.717, 1.165) is 5.69 Å². The van der Waals surface area contributed by atoms with Crippen molar-refractivity contribution in [3.63, 3.8) is 0 Å². The Morgan fingerprint density at radius 1 is 1.56 bits per heavy atom. The van der Waals surface area contributed by atoms with Gasteiger partial charge in [0, 0.05) is 24.0 Å². The summed E-state index contributed by atoms with van der Waals surface area (Å²) >= 11 is 0. The highest BCUT2D eigenvalue weighted by Crippen LogP contribution is 2.17. The zero-order valence-corrected chi connectivity index (χ0v) is 9.66. The lowest BCUT2D eigenvalue weighted by molar-refractivity contribution is 0.141. The maximum atomic E-state index is 8.84. The molecule has 4 nitrogen and oxygen atoms in total. The molecule has 1 aromatic rings. The number of hydrogen-bond donors (Lipinski definition) is 2. The monoisotopic (exact) mass is 219 g/mol. The van der Waals surface area contributed by atoms with Gasteiger partial charge in [-0.3, -0.25) is 0 Å². The van der Waals surface area contributed by atoms with Crippen molar-refractivity contribution in [1.82, 2.24) is 0 Å². The summed E-state index contributed by atoms with van der Waals surface area (Å²) in [5.74, 6) is 0. The molecule has 0 amide bonds. The Kier molecular flexibility index (Phi) is 4.62. The van der Waals surface area contributed by atoms with E-state index in [1.54, 1.807) is 12.1 Å². The fraction of sp³-hybridized carbons (Fsp3) is 0.417. The molecular weight excluding hydrogens is 202 g/mol. The van der Waals surface area contributed by atoms with Crippen molar-refractivity contribution in [2.75, 3.05) is 24.3 Å². The minimum absolute atomic E-state index is 0.204. The first-order valence-electron chi connectivity index (χ1n) is 5.31. The summed E-state index contributed by atoms with van der Waals surface area (Å²) in [7, 11) is 0. The van der Waals surface area contributed by atoms with Crippen LogP contribution in [0.5, 0.6) is 0 Å². The highest BCUT2D eigenvalue weighted by molar-refractivity contribution is 5.62. The number of nitrogens with two attached hydrogens (primary N) is 1. The Morgan fingerprint density at radius 2 is 2.31 bits per heavy atom. The summed E-state index contributed by atoms with van der Waals surface area (Å²) in [4.78, 5) is 0. The highest BCUT2D eigenvalue weighted by atomic mass is 16.5. The Labute approximate surface area is 96.0 Å². The molecule has 0 aliphatic heterocycles. The molecule has 0 aliphatic rings. The van der Waals surface area contributed by atoms with Crippen LogP contribution in [0.4, 0.5) is 11.4 Å². The van der Waals surface area contributed by atoms with Crippen LogP contribution < -0.4 is 11.1 Å². The lowest BCUT2D eigenvalue weighted by atomic mass is 10.1. The summed E-state index contributed by atoms with van der Waals surface area (Å²) in [6.07, 6.45) is 0. The molecule has 0 aliphatic carbocycles. The van der Waals surface area contributed by atoms with Crippen molar-refractivity contribution in [3.8, 4) is 6.07 Å². The summed E-state index contributed by atoms with van der Waals surface area (Å²) in [5.41, 5.74) is 7.52. The lowest BCUT2D eigenvalue weighted by Gasteiger charge is -2.15. The topological polar surface area (TPSA) is 71.1 Å². The van der Waals surface area contributed by atoms with Gasteiger partial charge in [0.25, 0.3) is 0 Å². The van der Waals surface area contributed by atoms with E-state index in [9.17, 15) is 0 Å². The van der Waals surface area contributed by atoms with E-state index in [2.05, 4.69) is 11.4 Å². The molecule has 0 fully saturated rings. The van der Waals surface area contributed by atoms with Gasteiger partial charge in [-0.05, 0) is 32.0 Å². The number of benzene rings is 1. The second kappa shape index (κ2) is 5.99. The molecule has 0 spiro atoms. The molecule has 86 valence electrons. The molecule has 4 heteroatoms. The molecule has 1 aromatic carbocycles. The van der Waals surface area contributed by atoms with E-state index in [0.29, 0.717) is 24.5 Å². The van der Waals surface area contributed by atoms with Crippen LogP contribution in [-0.4, -0.2) is 19.3 Å². The Balaban J connectivity index is 2.64. The number of hydrogen-bond acceptors (Lipinski definition) is 4. The number of nitriles is 1. The Morgan fingerprint density at radius 3 is 2.94 bits per heavy atom. The fourth-order valence-corrected chi connectivity index (χ4v) is 1.36. The fourth-order valence-electron chi connectivity index (χ4n) is 1.36. The standard InChI is InChI=1S/C12H17N3O/c1-3-16-8-9(2)15-11-4-5-12(14)10(6-11)7-13/h4-6,9,15H,3,8,14H2,1-2H3. The van der Waals surface area contributed by atoms with Crippen LogP contribution in [0.1, 0.15) is 19.4 Å². The van der Waals surface area contributed by atoms with E-state index in [-0.39, 0.29) is 6.04 Å². The SMILES string of the molecule is CCOCC(C)Nc1ccc(N)c(C#N)c1. The molecule has 0 bridgehead atoms. The van der Waals surface area contributed by atoms with Crippen molar-refractivity contribution in [3.05, 3.63) is 23.8 Å². The molecule has 1 unspecified atom stereocenters. The van der Waals surface area contributed by atoms with Crippen LogP contribution in [0.25, 0.3) is 0 Å². The van der Waals surface area contributed by atoms with Crippen molar-refractivity contribution in [2.24, 2.45) is 0 Å². The number of nitrogens with one attached hydrogen (secondary N) is 1. The molecular formula is C12H17N3O. The molecule has 1 rings (SSSR count). The average Bonchev–Trinajstić information content (AvgIpc) is 2.29.